The molecule has 2 atom stereocenters. The molecule has 0 radical (unpaired) electrons. The molecule has 0 bridgehead atoms. The number of rotatable bonds is 3. The topological polar surface area (TPSA) is 32.3 Å². The normalized spacial score (nSPS) is 13.4. The fraction of sp³-hybridized carbons (Fsp3) is 0.500. The van der Waals surface area contributed by atoms with E-state index in [1.54, 1.807) is 0 Å². The van der Waals surface area contributed by atoms with Gasteiger partial charge < -0.3 is 10.4 Å². The number of hydrogen-bond acceptors (Lipinski definition) is 2. The highest BCUT2D eigenvalue weighted by molar-refractivity contribution is 5.18. The fourth-order valence-corrected chi connectivity index (χ4v) is 1.10. The van der Waals surface area contributed by atoms with Gasteiger partial charge in [0.05, 0.1) is 6.10 Å². The van der Waals surface area contributed by atoms with Gasteiger partial charge in [-0.2, -0.15) is 0 Å². The minimum absolute atomic E-state index is 0. The Bertz CT molecular complexity index is 223. The Morgan fingerprint density at radius 1 is 1.14 bits per heavy atom. The molecular weight excluding hydrogens is 174 g/mol. The third-order valence-corrected chi connectivity index (χ3v) is 2.07. The maximum absolute atomic E-state index is 9.73. The quantitative estimate of drug-likeness (QED) is 0.780. The van der Waals surface area contributed by atoms with Crippen LogP contribution in [0.3, 0.4) is 0 Å². The van der Waals surface area contributed by atoms with Crippen molar-refractivity contribution in [2.24, 2.45) is 0 Å². The monoisotopic (exact) mass is 197 g/mol. The van der Waals surface area contributed by atoms with Crippen LogP contribution in [0.1, 0.15) is 33.4 Å². The van der Waals surface area contributed by atoms with Crippen LogP contribution in [0, 0.1) is 0 Å². The summed E-state index contributed by atoms with van der Waals surface area (Å²) in [6.07, 6.45) is -0.420. The molecule has 0 aromatic heterocycles. The van der Waals surface area contributed by atoms with Crippen LogP contribution in [-0.4, -0.2) is 18.2 Å². The molecule has 14 heavy (non-hydrogen) atoms. The zero-order valence-electron chi connectivity index (χ0n) is 7.49. The summed E-state index contributed by atoms with van der Waals surface area (Å²) in [4.78, 5) is 0. The molecule has 0 aliphatic rings. The van der Waals surface area contributed by atoms with E-state index in [0.29, 0.717) is 0 Å². The molecule has 2 heteroatoms. The number of likely N-dealkylation sites (N-methyl/N-ethyl adjacent to an activating group) is 1. The van der Waals surface area contributed by atoms with Gasteiger partial charge in [0.25, 0.3) is 0 Å². The van der Waals surface area contributed by atoms with Crippen molar-refractivity contribution in [2.75, 3.05) is 7.05 Å². The highest BCUT2D eigenvalue weighted by atomic mass is 16.3. The summed E-state index contributed by atoms with van der Waals surface area (Å²) >= 11 is 0. The third kappa shape index (κ3) is 3.90. The maximum atomic E-state index is 9.73. The Kier molecular flexibility index (Phi) is 8.40. The Morgan fingerprint density at radius 3 is 2.07 bits per heavy atom. The average Bonchev–Trinajstić information content (AvgIpc) is 2.17. The molecule has 0 amide bonds. The van der Waals surface area contributed by atoms with Crippen LogP contribution in [0.2, 0.25) is 0 Å². The van der Waals surface area contributed by atoms with Gasteiger partial charge in [0.1, 0.15) is 0 Å². The van der Waals surface area contributed by atoms with E-state index in [0.717, 1.165) is 5.56 Å². The van der Waals surface area contributed by atoms with Crippen molar-refractivity contribution in [3.63, 3.8) is 0 Å². The van der Waals surface area contributed by atoms with E-state index in [9.17, 15) is 5.11 Å². The van der Waals surface area contributed by atoms with Crippen molar-refractivity contribution in [3.8, 4) is 0 Å². The molecule has 2 nitrogen and oxygen atoms in total. The van der Waals surface area contributed by atoms with Gasteiger partial charge >= 0.3 is 0 Å². The maximum Gasteiger partial charge on any atom is 0.0940 e. The molecule has 82 valence electrons. The highest BCUT2D eigenvalue weighted by Gasteiger charge is 2.12. The lowest BCUT2D eigenvalue weighted by Crippen LogP contribution is -2.28. The van der Waals surface area contributed by atoms with E-state index in [1.807, 2.05) is 44.3 Å². The Hall–Kier alpha value is -0.860. The van der Waals surface area contributed by atoms with Crippen LogP contribution in [-0.2, 0) is 0 Å². The summed E-state index contributed by atoms with van der Waals surface area (Å²) in [6, 6.07) is 9.76. The van der Waals surface area contributed by atoms with Gasteiger partial charge in [0.15, 0.2) is 0 Å². The first-order valence-electron chi connectivity index (χ1n) is 4.16. The number of hydrogen-bond donors (Lipinski definition) is 2. The van der Waals surface area contributed by atoms with Crippen molar-refractivity contribution in [2.45, 2.75) is 33.9 Å². The molecular formula is C12H23NO. The first kappa shape index (κ1) is 15.6. The van der Waals surface area contributed by atoms with Crippen molar-refractivity contribution >= 4 is 0 Å². The molecule has 0 aliphatic heterocycles. The van der Waals surface area contributed by atoms with Crippen LogP contribution in [0.4, 0.5) is 0 Å². The lowest BCUT2D eigenvalue weighted by Gasteiger charge is -2.17. The minimum Gasteiger partial charge on any atom is -0.387 e. The van der Waals surface area contributed by atoms with Crippen molar-refractivity contribution in [3.05, 3.63) is 35.9 Å². The number of aliphatic hydroxyl groups is 1. The molecule has 0 aliphatic carbocycles. The standard InChI is InChI=1S/C10H15NO.2CH4/c1-8(11-2)10(12)9-6-4-3-5-7-9;;/h3-8,10-12H,1-2H3;2*1H4/t8-,10+;;/m1../s1. The molecule has 0 saturated carbocycles. The smallest absolute Gasteiger partial charge is 0.0940 e. The Balaban J connectivity index is 0. The van der Waals surface area contributed by atoms with E-state index in [-0.39, 0.29) is 20.9 Å². The molecule has 0 fully saturated rings. The van der Waals surface area contributed by atoms with Gasteiger partial charge in [-0.25, -0.2) is 0 Å². The van der Waals surface area contributed by atoms with E-state index < -0.39 is 6.10 Å². The molecule has 0 spiro atoms. The molecule has 0 saturated heterocycles. The first-order valence-corrected chi connectivity index (χ1v) is 4.16. The van der Waals surface area contributed by atoms with Crippen molar-refractivity contribution in [1.29, 1.82) is 0 Å². The lowest BCUT2D eigenvalue weighted by molar-refractivity contribution is 0.140. The Labute approximate surface area is 88.0 Å². The summed E-state index contributed by atoms with van der Waals surface area (Å²) < 4.78 is 0. The minimum atomic E-state index is -0.420. The van der Waals surface area contributed by atoms with Gasteiger partial charge in [-0.05, 0) is 19.5 Å². The number of nitrogens with one attached hydrogen (secondary N) is 1. The Morgan fingerprint density at radius 2 is 1.64 bits per heavy atom. The summed E-state index contributed by atoms with van der Waals surface area (Å²) in [6.45, 7) is 1.96. The van der Waals surface area contributed by atoms with E-state index in [2.05, 4.69) is 5.32 Å². The van der Waals surface area contributed by atoms with Crippen molar-refractivity contribution < 1.29 is 5.11 Å². The zero-order chi connectivity index (χ0) is 8.97. The molecule has 1 rings (SSSR count). The fourth-order valence-electron chi connectivity index (χ4n) is 1.10. The van der Waals surface area contributed by atoms with Crippen LogP contribution in [0.25, 0.3) is 0 Å². The van der Waals surface area contributed by atoms with Gasteiger partial charge in [-0.15, -0.1) is 0 Å². The average molecular weight is 197 g/mol. The van der Waals surface area contributed by atoms with Crippen LogP contribution in [0.15, 0.2) is 30.3 Å². The van der Waals surface area contributed by atoms with Crippen LogP contribution >= 0.6 is 0 Å². The molecule has 2 N–H and O–H groups in total. The first-order chi connectivity index (χ1) is 5.75. The third-order valence-electron chi connectivity index (χ3n) is 2.07. The van der Waals surface area contributed by atoms with E-state index >= 15 is 0 Å². The van der Waals surface area contributed by atoms with Crippen LogP contribution < -0.4 is 5.32 Å². The zero-order valence-corrected chi connectivity index (χ0v) is 7.49. The van der Waals surface area contributed by atoms with Gasteiger partial charge in [-0.3, -0.25) is 0 Å². The molecule has 1 aromatic rings. The number of aliphatic hydroxyl groups excluding tert-OH is 1. The SMILES string of the molecule is C.C.CN[C@H](C)[C@H](O)c1ccccc1. The van der Waals surface area contributed by atoms with E-state index in [4.69, 9.17) is 0 Å². The van der Waals surface area contributed by atoms with Gasteiger partial charge in [0, 0.05) is 6.04 Å². The summed E-state index contributed by atoms with van der Waals surface area (Å²) in [5.74, 6) is 0. The lowest BCUT2D eigenvalue weighted by atomic mass is 10.0. The van der Waals surface area contributed by atoms with Gasteiger partial charge in [-0.1, -0.05) is 45.2 Å². The predicted octanol–water partition coefficient (Wildman–Crippen LogP) is 2.60. The second-order valence-corrected chi connectivity index (χ2v) is 2.93. The van der Waals surface area contributed by atoms with Crippen LogP contribution in [0.5, 0.6) is 0 Å². The predicted molar refractivity (Wildman–Crippen MR) is 63.4 cm³/mol. The second-order valence-electron chi connectivity index (χ2n) is 2.93. The largest absolute Gasteiger partial charge is 0.387 e. The number of benzene rings is 1. The summed E-state index contributed by atoms with van der Waals surface area (Å²) in [5.41, 5.74) is 0.958. The van der Waals surface area contributed by atoms with E-state index in [1.165, 1.54) is 0 Å². The second kappa shape index (κ2) is 7.54. The van der Waals surface area contributed by atoms with Gasteiger partial charge in [0.2, 0.25) is 0 Å². The highest BCUT2D eigenvalue weighted by Crippen LogP contribution is 2.15. The summed E-state index contributed by atoms with van der Waals surface area (Å²) in [5, 5.41) is 12.7. The summed E-state index contributed by atoms with van der Waals surface area (Å²) in [7, 11) is 1.84. The molecule has 0 heterocycles. The molecule has 1 aromatic carbocycles. The van der Waals surface area contributed by atoms with Crippen molar-refractivity contribution in [1.82, 2.24) is 5.32 Å². The molecule has 0 unspecified atom stereocenters.